The van der Waals surface area contributed by atoms with Gasteiger partial charge in [-0.05, 0) is 32.4 Å². The van der Waals surface area contributed by atoms with Crippen LogP contribution in [0.25, 0.3) is 0 Å². The van der Waals surface area contributed by atoms with Crippen molar-refractivity contribution in [3.05, 3.63) is 0 Å². The van der Waals surface area contributed by atoms with Crippen molar-refractivity contribution in [2.75, 3.05) is 33.4 Å². The van der Waals surface area contributed by atoms with Crippen LogP contribution in [0.3, 0.4) is 0 Å². The fourth-order valence-corrected chi connectivity index (χ4v) is 1.90. The monoisotopic (exact) mass is 200 g/mol. The first-order valence-electron chi connectivity index (χ1n) is 5.60. The van der Waals surface area contributed by atoms with Crippen molar-refractivity contribution in [1.82, 2.24) is 4.90 Å². The van der Waals surface area contributed by atoms with Crippen LogP contribution in [0.1, 0.15) is 26.7 Å². The molecule has 0 spiro atoms. The van der Waals surface area contributed by atoms with Gasteiger partial charge in [0.1, 0.15) is 0 Å². The third kappa shape index (κ3) is 2.69. The lowest BCUT2D eigenvalue weighted by Crippen LogP contribution is -2.53. The van der Waals surface area contributed by atoms with Crippen LogP contribution >= 0.6 is 0 Å². The molecule has 0 aromatic carbocycles. The van der Waals surface area contributed by atoms with E-state index in [1.807, 2.05) is 0 Å². The topological polar surface area (TPSA) is 38.5 Å². The van der Waals surface area contributed by atoms with Gasteiger partial charge in [-0.3, -0.25) is 4.90 Å². The van der Waals surface area contributed by atoms with Crippen LogP contribution in [0.15, 0.2) is 0 Å². The minimum atomic E-state index is 0.120. The largest absolute Gasteiger partial charge is 0.379 e. The highest BCUT2D eigenvalue weighted by Crippen LogP contribution is 2.24. The van der Waals surface area contributed by atoms with Gasteiger partial charge in [0, 0.05) is 13.2 Å². The molecule has 1 saturated heterocycles. The molecular weight excluding hydrogens is 176 g/mol. The predicted octanol–water partition coefficient (Wildman–Crippen LogP) is 1.08. The molecule has 0 saturated carbocycles. The molecule has 1 atom stereocenters. The molecule has 1 unspecified atom stereocenters. The molecule has 2 N–H and O–H groups in total. The average Bonchev–Trinajstić information content (AvgIpc) is 2.63. The summed E-state index contributed by atoms with van der Waals surface area (Å²) in [6, 6.07) is 0. The molecule has 3 heteroatoms. The average molecular weight is 200 g/mol. The second kappa shape index (κ2) is 5.10. The number of nitrogens with zero attached hydrogens (tertiary/aromatic N) is 1. The number of rotatable bonds is 5. The summed E-state index contributed by atoms with van der Waals surface area (Å²) in [5, 5.41) is 0. The Kier molecular flexibility index (Phi) is 4.35. The highest BCUT2D eigenvalue weighted by molar-refractivity contribution is 4.93. The van der Waals surface area contributed by atoms with Crippen molar-refractivity contribution in [2.24, 2.45) is 11.7 Å². The third-order valence-electron chi connectivity index (χ3n) is 3.31. The minimum absolute atomic E-state index is 0.120. The molecule has 1 aliphatic heterocycles. The van der Waals surface area contributed by atoms with Crippen molar-refractivity contribution in [3.63, 3.8) is 0 Å². The number of likely N-dealkylation sites (N-methyl/N-ethyl adjacent to an activating group) is 1. The van der Waals surface area contributed by atoms with Crippen molar-refractivity contribution < 1.29 is 4.74 Å². The first kappa shape index (κ1) is 12.0. The standard InChI is InChI=1S/C11H24N2O/c1-10(2)4-6-13(3)11(8-12)5-7-14-9-11/h10H,4-9,12H2,1-3H3. The highest BCUT2D eigenvalue weighted by Gasteiger charge is 2.37. The van der Waals surface area contributed by atoms with Crippen molar-refractivity contribution in [3.8, 4) is 0 Å². The Labute approximate surface area is 87.6 Å². The van der Waals surface area contributed by atoms with Gasteiger partial charge >= 0.3 is 0 Å². The van der Waals surface area contributed by atoms with E-state index in [1.165, 1.54) is 6.42 Å². The zero-order valence-corrected chi connectivity index (χ0v) is 9.75. The van der Waals surface area contributed by atoms with E-state index in [0.29, 0.717) is 6.54 Å². The molecule has 3 nitrogen and oxygen atoms in total. The van der Waals surface area contributed by atoms with Gasteiger partial charge in [-0.2, -0.15) is 0 Å². The van der Waals surface area contributed by atoms with Crippen LogP contribution in [0.2, 0.25) is 0 Å². The maximum absolute atomic E-state index is 5.85. The van der Waals surface area contributed by atoms with Crippen LogP contribution in [-0.2, 0) is 4.74 Å². The molecule has 84 valence electrons. The van der Waals surface area contributed by atoms with E-state index in [1.54, 1.807) is 0 Å². The summed E-state index contributed by atoms with van der Waals surface area (Å²) in [4.78, 5) is 2.39. The van der Waals surface area contributed by atoms with Gasteiger partial charge in [0.15, 0.2) is 0 Å². The number of nitrogens with two attached hydrogens (primary N) is 1. The summed E-state index contributed by atoms with van der Waals surface area (Å²) in [6.07, 6.45) is 2.32. The Balaban J connectivity index is 2.43. The SMILES string of the molecule is CC(C)CCN(C)C1(CN)CCOC1. The fraction of sp³-hybridized carbons (Fsp3) is 1.00. The quantitative estimate of drug-likeness (QED) is 0.722. The highest BCUT2D eigenvalue weighted by atomic mass is 16.5. The lowest BCUT2D eigenvalue weighted by atomic mass is 9.96. The van der Waals surface area contributed by atoms with Crippen molar-refractivity contribution >= 4 is 0 Å². The molecule has 0 bridgehead atoms. The molecular formula is C11H24N2O. The number of hydrogen-bond acceptors (Lipinski definition) is 3. The number of hydrogen-bond donors (Lipinski definition) is 1. The van der Waals surface area contributed by atoms with E-state index in [9.17, 15) is 0 Å². The second-order valence-electron chi connectivity index (χ2n) is 4.84. The molecule has 0 aliphatic carbocycles. The summed E-state index contributed by atoms with van der Waals surface area (Å²) in [5.74, 6) is 0.759. The van der Waals surface area contributed by atoms with Gasteiger partial charge in [0.25, 0.3) is 0 Å². The normalized spacial score (nSPS) is 27.9. The minimum Gasteiger partial charge on any atom is -0.379 e. The van der Waals surface area contributed by atoms with E-state index in [4.69, 9.17) is 10.5 Å². The van der Waals surface area contributed by atoms with Crippen LogP contribution in [0.4, 0.5) is 0 Å². The lowest BCUT2D eigenvalue weighted by molar-refractivity contribution is 0.0900. The van der Waals surface area contributed by atoms with Crippen LogP contribution in [-0.4, -0.2) is 43.8 Å². The smallest absolute Gasteiger partial charge is 0.0663 e. The molecule has 1 aliphatic rings. The van der Waals surface area contributed by atoms with Gasteiger partial charge in [-0.25, -0.2) is 0 Å². The maximum Gasteiger partial charge on any atom is 0.0663 e. The Morgan fingerprint density at radius 3 is 2.64 bits per heavy atom. The van der Waals surface area contributed by atoms with E-state index < -0.39 is 0 Å². The van der Waals surface area contributed by atoms with Crippen LogP contribution < -0.4 is 5.73 Å². The van der Waals surface area contributed by atoms with E-state index in [2.05, 4.69) is 25.8 Å². The fourth-order valence-electron chi connectivity index (χ4n) is 1.90. The second-order valence-corrected chi connectivity index (χ2v) is 4.84. The van der Waals surface area contributed by atoms with Crippen LogP contribution in [0, 0.1) is 5.92 Å². The first-order chi connectivity index (χ1) is 6.60. The summed E-state index contributed by atoms with van der Waals surface area (Å²) in [6.45, 7) is 8.02. The number of ether oxygens (including phenoxy) is 1. The molecule has 0 aromatic heterocycles. The van der Waals surface area contributed by atoms with Crippen LogP contribution in [0.5, 0.6) is 0 Å². The van der Waals surface area contributed by atoms with Crippen molar-refractivity contribution in [2.45, 2.75) is 32.2 Å². The summed E-state index contributed by atoms with van der Waals surface area (Å²) >= 11 is 0. The molecule has 14 heavy (non-hydrogen) atoms. The maximum atomic E-state index is 5.85. The molecule has 0 radical (unpaired) electrons. The third-order valence-corrected chi connectivity index (χ3v) is 3.31. The zero-order chi connectivity index (χ0) is 10.6. The van der Waals surface area contributed by atoms with Crippen molar-refractivity contribution in [1.29, 1.82) is 0 Å². The summed E-state index contributed by atoms with van der Waals surface area (Å²) in [5.41, 5.74) is 5.97. The Hall–Kier alpha value is -0.120. The summed E-state index contributed by atoms with van der Waals surface area (Å²) < 4.78 is 5.46. The van der Waals surface area contributed by atoms with Gasteiger partial charge in [0.2, 0.25) is 0 Å². The van der Waals surface area contributed by atoms with Gasteiger partial charge in [-0.1, -0.05) is 13.8 Å². The molecule has 1 heterocycles. The summed E-state index contributed by atoms with van der Waals surface area (Å²) in [7, 11) is 2.17. The lowest BCUT2D eigenvalue weighted by Gasteiger charge is -2.36. The molecule has 0 aromatic rings. The van der Waals surface area contributed by atoms with E-state index in [-0.39, 0.29) is 5.54 Å². The van der Waals surface area contributed by atoms with E-state index in [0.717, 1.165) is 32.1 Å². The van der Waals surface area contributed by atoms with Gasteiger partial charge in [0.05, 0.1) is 12.1 Å². The van der Waals surface area contributed by atoms with Gasteiger partial charge in [-0.15, -0.1) is 0 Å². The zero-order valence-electron chi connectivity index (χ0n) is 9.75. The Morgan fingerprint density at radius 2 is 2.21 bits per heavy atom. The molecule has 1 fully saturated rings. The predicted molar refractivity (Wildman–Crippen MR) is 59.3 cm³/mol. The first-order valence-corrected chi connectivity index (χ1v) is 5.60. The molecule has 1 rings (SSSR count). The Bertz CT molecular complexity index is 165. The Morgan fingerprint density at radius 1 is 1.50 bits per heavy atom. The van der Waals surface area contributed by atoms with E-state index >= 15 is 0 Å². The van der Waals surface area contributed by atoms with Gasteiger partial charge < -0.3 is 10.5 Å². The molecule has 0 amide bonds.